The lowest BCUT2D eigenvalue weighted by molar-refractivity contribution is -0.142. The lowest BCUT2D eigenvalue weighted by Gasteiger charge is -2.13. The van der Waals surface area contributed by atoms with Crippen LogP contribution in [0.3, 0.4) is 0 Å². The van der Waals surface area contributed by atoms with E-state index in [-0.39, 0.29) is 25.6 Å². The fourth-order valence-corrected chi connectivity index (χ4v) is 2.11. The Morgan fingerprint density at radius 1 is 0.964 bits per heavy atom. The minimum Gasteiger partial charge on any atom is -0.492 e. The molecular weight excluding hydrogens is 386 g/mol. The molecule has 0 amide bonds. The molecule has 1 unspecified atom stereocenters. The summed E-state index contributed by atoms with van der Waals surface area (Å²) >= 11 is 0. The van der Waals surface area contributed by atoms with E-state index in [1.54, 1.807) is 24.3 Å². The van der Waals surface area contributed by atoms with Gasteiger partial charge in [-0.3, -0.25) is 0 Å². The third-order valence-electron chi connectivity index (χ3n) is 3.52. The van der Waals surface area contributed by atoms with E-state index in [2.05, 4.69) is 10.1 Å². The van der Waals surface area contributed by atoms with E-state index >= 15 is 0 Å². The quantitative estimate of drug-likeness (QED) is 0.408. The van der Waals surface area contributed by atoms with E-state index < -0.39 is 12.1 Å². The molecule has 8 heteroatoms. The van der Waals surface area contributed by atoms with E-state index in [1.165, 1.54) is 7.11 Å². The number of ether oxygens (including phenoxy) is 4. The van der Waals surface area contributed by atoms with Crippen molar-refractivity contribution in [2.45, 2.75) is 6.10 Å². The molecule has 0 aliphatic heterocycles. The van der Waals surface area contributed by atoms with Gasteiger partial charge in [-0.05, 0) is 36.4 Å². The summed E-state index contributed by atoms with van der Waals surface area (Å²) in [5.74, 6) is 1.55. The number of benzene rings is 2. The summed E-state index contributed by atoms with van der Waals surface area (Å²) in [4.78, 5) is 11.0. The maximum Gasteiger partial charge on any atom is 0.343 e. The second kappa shape index (κ2) is 13.7. The summed E-state index contributed by atoms with van der Waals surface area (Å²) in [7, 11) is 1.31. The molecule has 2 aromatic rings. The Morgan fingerprint density at radius 3 is 2.21 bits per heavy atom. The van der Waals surface area contributed by atoms with Gasteiger partial charge >= 0.3 is 5.97 Å². The smallest absolute Gasteiger partial charge is 0.343 e. The van der Waals surface area contributed by atoms with E-state index in [0.717, 1.165) is 5.75 Å². The van der Waals surface area contributed by atoms with Crippen LogP contribution in [0.15, 0.2) is 54.6 Å². The van der Waals surface area contributed by atoms with Crippen molar-refractivity contribution in [3.8, 4) is 17.2 Å². The Bertz CT molecular complexity index is 668. The number of halogens is 1. The molecular formula is C20H26ClNO6. The number of methoxy groups -OCH3 is 1. The maximum absolute atomic E-state index is 11.0. The highest BCUT2D eigenvalue weighted by Crippen LogP contribution is 2.17. The van der Waals surface area contributed by atoms with Gasteiger partial charge in [-0.2, -0.15) is 0 Å². The largest absolute Gasteiger partial charge is 0.492 e. The summed E-state index contributed by atoms with van der Waals surface area (Å²) in [6.07, 6.45) is -0.601. The molecule has 0 aromatic heterocycles. The Morgan fingerprint density at radius 2 is 1.57 bits per heavy atom. The third kappa shape index (κ3) is 9.45. The van der Waals surface area contributed by atoms with Crippen LogP contribution < -0.4 is 19.5 Å². The van der Waals surface area contributed by atoms with E-state index in [1.807, 2.05) is 30.3 Å². The van der Waals surface area contributed by atoms with Gasteiger partial charge in [-0.25, -0.2) is 4.79 Å². The molecule has 0 spiro atoms. The molecule has 2 N–H and O–H groups in total. The normalized spacial score (nSPS) is 11.1. The van der Waals surface area contributed by atoms with E-state index in [0.29, 0.717) is 31.2 Å². The number of carbonyl (C=O) groups excluding carboxylic acids is 1. The average molecular weight is 412 g/mol. The molecule has 0 saturated heterocycles. The lowest BCUT2D eigenvalue weighted by atomic mass is 10.3. The highest BCUT2D eigenvalue weighted by molar-refractivity contribution is 5.85. The van der Waals surface area contributed by atoms with Crippen LogP contribution in [-0.2, 0) is 9.53 Å². The zero-order chi connectivity index (χ0) is 19.3. The number of para-hydroxylation sites is 1. The molecule has 28 heavy (non-hydrogen) atoms. The molecule has 0 saturated carbocycles. The zero-order valence-electron chi connectivity index (χ0n) is 15.7. The van der Waals surface area contributed by atoms with Crippen molar-refractivity contribution < 1.29 is 28.8 Å². The van der Waals surface area contributed by atoms with Crippen LogP contribution in [-0.4, -0.2) is 57.2 Å². The minimum atomic E-state index is -0.601. The van der Waals surface area contributed by atoms with Crippen LogP contribution in [0.1, 0.15) is 0 Å². The van der Waals surface area contributed by atoms with Gasteiger partial charge in [-0.15, -0.1) is 12.4 Å². The van der Waals surface area contributed by atoms with Gasteiger partial charge in [0.05, 0.1) is 7.11 Å². The van der Waals surface area contributed by atoms with Gasteiger partial charge in [0.25, 0.3) is 0 Å². The number of esters is 1. The molecule has 0 bridgehead atoms. The number of rotatable bonds is 12. The van der Waals surface area contributed by atoms with Crippen molar-refractivity contribution in [1.82, 2.24) is 5.32 Å². The fourth-order valence-electron chi connectivity index (χ4n) is 2.11. The second-order valence-electron chi connectivity index (χ2n) is 5.67. The van der Waals surface area contributed by atoms with Gasteiger partial charge in [0.15, 0.2) is 6.61 Å². The Labute approximate surface area is 171 Å². The highest BCUT2D eigenvalue weighted by atomic mass is 35.5. The zero-order valence-corrected chi connectivity index (χ0v) is 16.5. The molecule has 2 rings (SSSR count). The monoisotopic (exact) mass is 411 g/mol. The van der Waals surface area contributed by atoms with Crippen molar-refractivity contribution in [2.24, 2.45) is 0 Å². The van der Waals surface area contributed by atoms with E-state index in [9.17, 15) is 9.90 Å². The van der Waals surface area contributed by atoms with Crippen molar-refractivity contribution >= 4 is 18.4 Å². The van der Waals surface area contributed by atoms with Gasteiger partial charge in [0.1, 0.15) is 36.6 Å². The van der Waals surface area contributed by atoms with Crippen molar-refractivity contribution in [3.05, 3.63) is 54.6 Å². The summed E-state index contributed by atoms with van der Waals surface area (Å²) in [6.45, 7) is 1.55. The molecule has 2 aromatic carbocycles. The average Bonchev–Trinajstić information content (AvgIpc) is 2.71. The third-order valence-corrected chi connectivity index (χ3v) is 3.52. The standard InChI is InChI=1S/C20H25NO6.ClH/c1-24-20(23)15-27-19-9-7-18(8-10-19)25-12-11-21-13-16(22)14-26-17-5-3-2-4-6-17;/h2-10,16,21-22H,11-15H2,1H3;1H. The molecule has 0 fully saturated rings. The van der Waals surface area contributed by atoms with Crippen molar-refractivity contribution in [1.29, 1.82) is 0 Å². The highest BCUT2D eigenvalue weighted by Gasteiger charge is 2.05. The Kier molecular flexibility index (Phi) is 11.5. The predicted molar refractivity (Wildman–Crippen MR) is 108 cm³/mol. The fraction of sp³-hybridized carbons (Fsp3) is 0.350. The second-order valence-corrected chi connectivity index (χ2v) is 5.67. The van der Waals surface area contributed by atoms with Crippen LogP contribution in [0, 0.1) is 0 Å². The molecule has 7 nitrogen and oxygen atoms in total. The molecule has 0 heterocycles. The topological polar surface area (TPSA) is 86.3 Å². The van der Waals surface area contributed by atoms with Gasteiger partial charge in [0, 0.05) is 13.1 Å². The molecule has 1 atom stereocenters. The first-order valence-corrected chi connectivity index (χ1v) is 8.66. The summed E-state index contributed by atoms with van der Waals surface area (Å²) in [6, 6.07) is 16.3. The summed E-state index contributed by atoms with van der Waals surface area (Å²) < 4.78 is 20.8. The Balaban J connectivity index is 0.00000392. The van der Waals surface area contributed by atoms with Crippen molar-refractivity contribution in [2.75, 3.05) is 40.0 Å². The number of aliphatic hydroxyl groups is 1. The van der Waals surface area contributed by atoms with Crippen LogP contribution in [0.2, 0.25) is 0 Å². The van der Waals surface area contributed by atoms with Crippen molar-refractivity contribution in [3.63, 3.8) is 0 Å². The number of aliphatic hydroxyl groups excluding tert-OH is 1. The van der Waals surface area contributed by atoms with Crippen LogP contribution in [0.4, 0.5) is 0 Å². The molecule has 0 radical (unpaired) electrons. The summed E-state index contributed by atoms with van der Waals surface area (Å²) in [5, 5.41) is 13.0. The molecule has 0 aliphatic rings. The number of nitrogens with one attached hydrogen (secondary N) is 1. The van der Waals surface area contributed by atoms with E-state index in [4.69, 9.17) is 14.2 Å². The number of hydrogen-bond acceptors (Lipinski definition) is 7. The van der Waals surface area contributed by atoms with Gasteiger partial charge in [-0.1, -0.05) is 18.2 Å². The first-order valence-electron chi connectivity index (χ1n) is 8.66. The molecule has 0 aliphatic carbocycles. The Hall–Kier alpha value is -2.48. The number of carbonyl (C=O) groups is 1. The summed E-state index contributed by atoms with van der Waals surface area (Å²) in [5.41, 5.74) is 0. The first kappa shape index (κ1) is 23.6. The lowest BCUT2D eigenvalue weighted by Crippen LogP contribution is -2.33. The van der Waals surface area contributed by atoms with Gasteiger partial charge in [0.2, 0.25) is 0 Å². The van der Waals surface area contributed by atoms with Crippen LogP contribution in [0.25, 0.3) is 0 Å². The van der Waals surface area contributed by atoms with Gasteiger partial charge < -0.3 is 29.4 Å². The van der Waals surface area contributed by atoms with Crippen LogP contribution in [0.5, 0.6) is 17.2 Å². The number of hydrogen-bond donors (Lipinski definition) is 2. The SMILES string of the molecule is COC(=O)COc1ccc(OCCNCC(O)COc2ccccc2)cc1.Cl. The minimum absolute atomic E-state index is 0. The maximum atomic E-state index is 11.0. The first-order chi connectivity index (χ1) is 13.2. The molecule has 154 valence electrons. The predicted octanol–water partition coefficient (Wildman–Crippen LogP) is 2.07. The van der Waals surface area contributed by atoms with Crippen LogP contribution >= 0.6 is 12.4 Å².